The molecule has 1 aromatic carbocycles. The molecule has 1 fully saturated rings. The molecule has 0 saturated heterocycles. The number of nitrogens with zero attached hydrogens (tertiary/aromatic N) is 3. The third-order valence-corrected chi connectivity index (χ3v) is 5.44. The molecular formula is C20H26N6. The molecule has 0 amide bonds. The maximum atomic E-state index is 6.56. The Balaban J connectivity index is 1.81. The van der Waals surface area contributed by atoms with Crippen LogP contribution >= 0.6 is 0 Å². The molecule has 0 bridgehead atoms. The van der Waals surface area contributed by atoms with Gasteiger partial charge in [-0.1, -0.05) is 12.1 Å². The van der Waals surface area contributed by atoms with Crippen molar-refractivity contribution in [2.24, 2.45) is 5.73 Å². The molecule has 0 unspecified atom stereocenters. The summed E-state index contributed by atoms with van der Waals surface area (Å²) in [5, 5.41) is 8.33. The topological polar surface area (TPSA) is 94.3 Å². The number of nitrogen functional groups attached to an aromatic ring is 1. The van der Waals surface area contributed by atoms with Crippen LogP contribution in [0.25, 0.3) is 5.65 Å². The van der Waals surface area contributed by atoms with Gasteiger partial charge in [0.05, 0.1) is 5.69 Å². The van der Waals surface area contributed by atoms with Crippen LogP contribution in [-0.2, 0) is 0 Å². The van der Waals surface area contributed by atoms with Crippen molar-refractivity contribution in [2.75, 3.05) is 11.1 Å². The number of anilines is 3. The van der Waals surface area contributed by atoms with Gasteiger partial charge in [0.1, 0.15) is 0 Å². The standard InChI is InChI=1S/C20H26N6/c1-12-3-4-13(2)16(11-12)24-19-17(14-5-7-15(21)8-6-14)18(22)20-23-9-10-26(20)25-19/h3-4,9-11,14-15H,5-8,21-22H2,1-2H3,(H,24,25). The predicted octanol–water partition coefficient (Wildman–Crippen LogP) is 3.66. The molecule has 6 heteroatoms. The van der Waals surface area contributed by atoms with E-state index in [0.717, 1.165) is 54.1 Å². The van der Waals surface area contributed by atoms with E-state index in [2.05, 4.69) is 42.3 Å². The van der Waals surface area contributed by atoms with Gasteiger partial charge in [0.15, 0.2) is 11.5 Å². The molecule has 136 valence electrons. The first-order chi connectivity index (χ1) is 12.5. The minimum Gasteiger partial charge on any atom is -0.395 e. The largest absolute Gasteiger partial charge is 0.395 e. The summed E-state index contributed by atoms with van der Waals surface area (Å²) in [7, 11) is 0. The van der Waals surface area contributed by atoms with Crippen LogP contribution in [0.1, 0.15) is 48.3 Å². The molecule has 4 rings (SSSR count). The lowest BCUT2D eigenvalue weighted by Crippen LogP contribution is -2.26. The molecule has 5 N–H and O–H groups in total. The number of nitrogens with one attached hydrogen (secondary N) is 1. The van der Waals surface area contributed by atoms with Gasteiger partial charge in [-0.3, -0.25) is 0 Å². The van der Waals surface area contributed by atoms with Gasteiger partial charge in [0, 0.05) is 29.7 Å². The molecule has 2 heterocycles. The summed E-state index contributed by atoms with van der Waals surface area (Å²) < 4.78 is 1.75. The van der Waals surface area contributed by atoms with E-state index in [9.17, 15) is 0 Å². The maximum absolute atomic E-state index is 6.56. The zero-order valence-electron chi connectivity index (χ0n) is 15.4. The monoisotopic (exact) mass is 350 g/mol. The molecule has 1 aliphatic carbocycles. The third kappa shape index (κ3) is 3.01. The van der Waals surface area contributed by atoms with Crippen molar-refractivity contribution in [3.05, 3.63) is 47.3 Å². The Morgan fingerprint density at radius 2 is 1.92 bits per heavy atom. The lowest BCUT2D eigenvalue weighted by Gasteiger charge is -2.28. The number of aryl methyl sites for hydroxylation is 2. The highest BCUT2D eigenvalue weighted by Gasteiger charge is 2.27. The van der Waals surface area contributed by atoms with Gasteiger partial charge in [0.25, 0.3) is 0 Å². The molecule has 0 aliphatic heterocycles. The first-order valence-electron chi connectivity index (χ1n) is 9.25. The molecule has 2 aromatic heterocycles. The summed E-state index contributed by atoms with van der Waals surface area (Å²) in [6.07, 6.45) is 7.68. The lowest BCUT2D eigenvalue weighted by atomic mass is 9.81. The number of fused-ring (bicyclic) bond motifs is 1. The normalized spacial score (nSPS) is 20.4. The van der Waals surface area contributed by atoms with E-state index in [-0.39, 0.29) is 0 Å². The van der Waals surface area contributed by atoms with E-state index in [1.807, 2.05) is 6.20 Å². The number of hydrogen-bond donors (Lipinski definition) is 3. The minimum absolute atomic E-state index is 0.297. The van der Waals surface area contributed by atoms with Gasteiger partial charge in [-0.25, -0.2) is 9.50 Å². The zero-order chi connectivity index (χ0) is 18.3. The van der Waals surface area contributed by atoms with Crippen LogP contribution in [-0.4, -0.2) is 20.6 Å². The zero-order valence-corrected chi connectivity index (χ0v) is 15.4. The van der Waals surface area contributed by atoms with E-state index in [1.165, 1.54) is 11.1 Å². The van der Waals surface area contributed by atoms with E-state index < -0.39 is 0 Å². The van der Waals surface area contributed by atoms with Gasteiger partial charge >= 0.3 is 0 Å². The third-order valence-electron chi connectivity index (χ3n) is 5.44. The van der Waals surface area contributed by atoms with Crippen LogP contribution in [0.4, 0.5) is 17.2 Å². The van der Waals surface area contributed by atoms with Crippen LogP contribution in [0.2, 0.25) is 0 Å². The Labute approximate surface area is 153 Å². The summed E-state index contributed by atoms with van der Waals surface area (Å²) in [5.41, 5.74) is 18.6. The van der Waals surface area contributed by atoms with Crippen molar-refractivity contribution in [1.29, 1.82) is 0 Å². The number of nitrogens with two attached hydrogens (primary N) is 2. The van der Waals surface area contributed by atoms with Crippen molar-refractivity contribution in [2.45, 2.75) is 51.5 Å². The molecule has 0 radical (unpaired) electrons. The summed E-state index contributed by atoms with van der Waals surface area (Å²) in [5.74, 6) is 1.18. The summed E-state index contributed by atoms with van der Waals surface area (Å²) >= 11 is 0. The number of rotatable bonds is 3. The van der Waals surface area contributed by atoms with E-state index in [0.29, 0.717) is 12.0 Å². The SMILES string of the molecule is Cc1ccc(C)c(Nc2nn3ccnc3c(N)c2C2CCC(N)CC2)c1. The van der Waals surface area contributed by atoms with Crippen LogP contribution < -0.4 is 16.8 Å². The highest BCUT2D eigenvalue weighted by Crippen LogP contribution is 2.40. The molecule has 0 spiro atoms. The predicted molar refractivity (Wildman–Crippen MR) is 106 cm³/mol. The first-order valence-corrected chi connectivity index (χ1v) is 9.25. The molecule has 6 nitrogen and oxygen atoms in total. The number of benzene rings is 1. The van der Waals surface area contributed by atoms with Crippen LogP contribution in [0.15, 0.2) is 30.6 Å². The Bertz CT molecular complexity index is 937. The van der Waals surface area contributed by atoms with Crippen LogP contribution in [0.5, 0.6) is 0 Å². The second-order valence-electron chi connectivity index (χ2n) is 7.43. The summed E-state index contributed by atoms with van der Waals surface area (Å²) in [6.45, 7) is 4.19. The Kier molecular flexibility index (Phi) is 4.28. The Morgan fingerprint density at radius 3 is 2.69 bits per heavy atom. The van der Waals surface area contributed by atoms with Crippen molar-refractivity contribution in [3.8, 4) is 0 Å². The Hall–Kier alpha value is -2.60. The second kappa shape index (κ2) is 6.61. The maximum Gasteiger partial charge on any atom is 0.177 e. The average molecular weight is 350 g/mol. The van der Waals surface area contributed by atoms with Gasteiger partial charge in [-0.2, -0.15) is 0 Å². The fraction of sp³-hybridized carbons (Fsp3) is 0.400. The van der Waals surface area contributed by atoms with E-state index >= 15 is 0 Å². The molecular weight excluding hydrogens is 324 g/mol. The van der Waals surface area contributed by atoms with Crippen molar-refractivity contribution >= 4 is 22.8 Å². The number of hydrogen-bond acceptors (Lipinski definition) is 5. The van der Waals surface area contributed by atoms with E-state index in [4.69, 9.17) is 16.6 Å². The summed E-state index contributed by atoms with van der Waals surface area (Å²) in [4.78, 5) is 4.39. The smallest absolute Gasteiger partial charge is 0.177 e. The number of aromatic nitrogens is 3. The minimum atomic E-state index is 0.297. The number of imidazole rings is 1. The first kappa shape index (κ1) is 16.8. The van der Waals surface area contributed by atoms with Crippen LogP contribution in [0, 0.1) is 13.8 Å². The molecule has 3 aromatic rings. The fourth-order valence-corrected chi connectivity index (χ4v) is 3.89. The molecule has 1 saturated carbocycles. The highest BCUT2D eigenvalue weighted by atomic mass is 15.3. The molecule has 26 heavy (non-hydrogen) atoms. The lowest BCUT2D eigenvalue weighted by molar-refractivity contribution is 0.396. The fourth-order valence-electron chi connectivity index (χ4n) is 3.89. The highest BCUT2D eigenvalue weighted by molar-refractivity contribution is 5.77. The summed E-state index contributed by atoms with van der Waals surface area (Å²) in [6, 6.07) is 6.68. The van der Waals surface area contributed by atoms with Gasteiger partial charge in [-0.05, 0) is 62.6 Å². The molecule has 1 aliphatic rings. The van der Waals surface area contributed by atoms with Gasteiger partial charge < -0.3 is 16.8 Å². The van der Waals surface area contributed by atoms with Gasteiger partial charge in [0.2, 0.25) is 0 Å². The van der Waals surface area contributed by atoms with Crippen molar-refractivity contribution in [1.82, 2.24) is 14.6 Å². The quantitative estimate of drug-likeness (QED) is 0.670. The Morgan fingerprint density at radius 1 is 1.15 bits per heavy atom. The van der Waals surface area contributed by atoms with Crippen LogP contribution in [0.3, 0.4) is 0 Å². The molecule has 0 atom stereocenters. The van der Waals surface area contributed by atoms with Gasteiger partial charge in [-0.15, -0.1) is 5.10 Å². The average Bonchev–Trinajstić information content (AvgIpc) is 3.08. The van der Waals surface area contributed by atoms with Crippen molar-refractivity contribution < 1.29 is 0 Å². The van der Waals surface area contributed by atoms with E-state index in [1.54, 1.807) is 10.7 Å². The second-order valence-corrected chi connectivity index (χ2v) is 7.43. The van der Waals surface area contributed by atoms with Crippen molar-refractivity contribution in [3.63, 3.8) is 0 Å².